The Labute approximate surface area is 167 Å². The smallest absolute Gasteiger partial charge is 0.228 e. The normalized spacial score (nSPS) is 18.4. The van der Waals surface area contributed by atoms with Crippen LogP contribution < -0.4 is 4.74 Å². The van der Waals surface area contributed by atoms with Gasteiger partial charge in [-0.15, -0.1) is 0 Å². The molecule has 146 valence electrons. The van der Waals surface area contributed by atoms with Crippen molar-refractivity contribution in [3.63, 3.8) is 0 Å². The number of azide groups is 1. The standard InChI is InChI=1S/C19H21ClN6O2/c1-18(2,24-25-21)14-8-23-16(13-7-22-15(20)6-12(13)14)28-11-9-26(10-11)17(27)19(3)4-5-19/h6-8,11H,4-5,9-10H2,1-3H3. The molecule has 0 bridgehead atoms. The molecule has 1 amide bonds. The molecule has 1 saturated carbocycles. The van der Waals surface area contributed by atoms with Gasteiger partial charge in [0.15, 0.2) is 0 Å². The second-order valence-electron chi connectivity index (χ2n) is 8.29. The minimum Gasteiger partial charge on any atom is -0.470 e. The third kappa shape index (κ3) is 3.23. The maximum Gasteiger partial charge on any atom is 0.228 e. The second-order valence-corrected chi connectivity index (χ2v) is 8.68. The molecule has 2 aromatic heterocycles. The maximum atomic E-state index is 12.4. The first kappa shape index (κ1) is 18.8. The molecule has 0 aromatic carbocycles. The first-order valence-electron chi connectivity index (χ1n) is 9.20. The minimum absolute atomic E-state index is 0.103. The van der Waals surface area contributed by atoms with Crippen LogP contribution in [0.15, 0.2) is 23.6 Å². The number of hydrogen-bond acceptors (Lipinski definition) is 5. The van der Waals surface area contributed by atoms with Crippen molar-refractivity contribution in [3.8, 4) is 5.88 Å². The predicted molar refractivity (Wildman–Crippen MR) is 105 cm³/mol. The topological polar surface area (TPSA) is 104 Å². The highest BCUT2D eigenvalue weighted by Gasteiger charge is 2.50. The van der Waals surface area contributed by atoms with Crippen LogP contribution in [0.1, 0.15) is 39.2 Å². The number of fused-ring (bicyclic) bond motifs is 1. The molecule has 1 aliphatic heterocycles. The molecule has 9 heteroatoms. The Balaban J connectivity index is 1.59. The summed E-state index contributed by atoms with van der Waals surface area (Å²) in [4.78, 5) is 25.7. The third-order valence-electron chi connectivity index (χ3n) is 5.59. The second kappa shape index (κ2) is 6.50. The van der Waals surface area contributed by atoms with Gasteiger partial charge >= 0.3 is 0 Å². The molecule has 0 radical (unpaired) electrons. The lowest BCUT2D eigenvalue weighted by molar-refractivity contribution is -0.145. The minimum atomic E-state index is -0.803. The van der Waals surface area contributed by atoms with Gasteiger partial charge in [-0.2, -0.15) is 0 Å². The summed E-state index contributed by atoms with van der Waals surface area (Å²) < 4.78 is 6.05. The van der Waals surface area contributed by atoms with Gasteiger partial charge < -0.3 is 9.64 Å². The summed E-state index contributed by atoms with van der Waals surface area (Å²) in [6, 6.07) is 1.72. The Morgan fingerprint density at radius 1 is 1.36 bits per heavy atom. The lowest BCUT2D eigenvalue weighted by Crippen LogP contribution is -2.57. The quantitative estimate of drug-likeness (QED) is 0.324. The van der Waals surface area contributed by atoms with Crippen molar-refractivity contribution in [2.24, 2.45) is 10.5 Å². The van der Waals surface area contributed by atoms with E-state index in [-0.39, 0.29) is 17.4 Å². The molecular formula is C19H21ClN6O2. The highest BCUT2D eigenvalue weighted by molar-refractivity contribution is 6.30. The van der Waals surface area contributed by atoms with Crippen LogP contribution in [0.4, 0.5) is 0 Å². The average Bonchev–Trinajstić information content (AvgIpc) is 3.35. The van der Waals surface area contributed by atoms with E-state index < -0.39 is 5.54 Å². The summed E-state index contributed by atoms with van der Waals surface area (Å²) in [7, 11) is 0. The van der Waals surface area contributed by atoms with E-state index in [1.165, 1.54) is 0 Å². The zero-order chi connectivity index (χ0) is 20.1. The molecular weight excluding hydrogens is 380 g/mol. The molecule has 0 N–H and O–H groups in total. The van der Waals surface area contributed by atoms with E-state index in [9.17, 15) is 4.79 Å². The van der Waals surface area contributed by atoms with E-state index in [4.69, 9.17) is 21.9 Å². The lowest BCUT2D eigenvalue weighted by Gasteiger charge is -2.40. The van der Waals surface area contributed by atoms with Gasteiger partial charge in [0, 0.05) is 22.7 Å². The summed E-state index contributed by atoms with van der Waals surface area (Å²) in [5, 5.41) is 5.68. The van der Waals surface area contributed by atoms with Crippen LogP contribution in [0, 0.1) is 5.41 Å². The summed E-state index contributed by atoms with van der Waals surface area (Å²) in [6.45, 7) is 6.76. The summed E-state index contributed by atoms with van der Waals surface area (Å²) in [6.07, 6.45) is 5.09. The van der Waals surface area contributed by atoms with Gasteiger partial charge in [0.05, 0.1) is 24.0 Å². The van der Waals surface area contributed by atoms with Crippen LogP contribution in [0.5, 0.6) is 5.88 Å². The zero-order valence-corrected chi connectivity index (χ0v) is 16.8. The molecule has 1 aliphatic carbocycles. The summed E-state index contributed by atoms with van der Waals surface area (Å²) >= 11 is 6.10. The Kier molecular flexibility index (Phi) is 4.36. The Morgan fingerprint density at radius 3 is 2.71 bits per heavy atom. The monoisotopic (exact) mass is 400 g/mol. The molecule has 0 atom stereocenters. The van der Waals surface area contributed by atoms with Crippen molar-refractivity contribution in [1.82, 2.24) is 14.9 Å². The van der Waals surface area contributed by atoms with E-state index in [1.54, 1.807) is 18.5 Å². The van der Waals surface area contributed by atoms with Crippen LogP contribution >= 0.6 is 11.6 Å². The van der Waals surface area contributed by atoms with Crippen LogP contribution in [-0.2, 0) is 10.3 Å². The molecule has 8 nitrogen and oxygen atoms in total. The number of amides is 1. The van der Waals surface area contributed by atoms with E-state index in [0.717, 1.165) is 23.8 Å². The number of likely N-dealkylation sites (tertiary alicyclic amines) is 1. The van der Waals surface area contributed by atoms with Crippen molar-refractivity contribution in [2.45, 2.75) is 45.3 Å². The number of carbonyl (C=O) groups excluding carboxylic acids is 1. The number of pyridine rings is 2. The molecule has 2 aromatic rings. The van der Waals surface area contributed by atoms with Gasteiger partial charge in [-0.25, -0.2) is 9.97 Å². The number of nitrogens with zero attached hydrogens (tertiary/aromatic N) is 6. The average molecular weight is 401 g/mol. The fourth-order valence-corrected chi connectivity index (χ4v) is 3.61. The molecule has 2 aliphatic rings. The largest absolute Gasteiger partial charge is 0.470 e. The zero-order valence-electron chi connectivity index (χ0n) is 16.0. The maximum absolute atomic E-state index is 12.4. The highest BCUT2D eigenvalue weighted by Crippen LogP contribution is 2.47. The Bertz CT molecular complexity index is 1010. The van der Waals surface area contributed by atoms with Crippen LogP contribution in [0.2, 0.25) is 5.15 Å². The summed E-state index contributed by atoms with van der Waals surface area (Å²) in [5.41, 5.74) is 8.65. The van der Waals surface area contributed by atoms with Gasteiger partial charge in [-0.05, 0) is 35.4 Å². The molecule has 2 fully saturated rings. The van der Waals surface area contributed by atoms with E-state index in [2.05, 4.69) is 20.0 Å². The lowest BCUT2D eigenvalue weighted by atomic mass is 9.93. The molecule has 28 heavy (non-hydrogen) atoms. The first-order valence-corrected chi connectivity index (χ1v) is 9.58. The van der Waals surface area contributed by atoms with Gasteiger partial charge in [0.2, 0.25) is 11.8 Å². The number of rotatable bonds is 5. The first-order chi connectivity index (χ1) is 13.2. The van der Waals surface area contributed by atoms with Crippen LogP contribution in [0.25, 0.3) is 21.2 Å². The summed E-state index contributed by atoms with van der Waals surface area (Å²) in [5.74, 6) is 0.652. The number of halogens is 1. The van der Waals surface area contributed by atoms with E-state index in [1.807, 2.05) is 25.7 Å². The van der Waals surface area contributed by atoms with Gasteiger partial charge in [-0.1, -0.05) is 37.5 Å². The molecule has 1 saturated heterocycles. The highest BCUT2D eigenvalue weighted by atomic mass is 35.5. The SMILES string of the molecule is CC1(C(=O)N2CC(Oc3ncc(C(C)(C)N=[N+]=[N-])c4cc(Cl)ncc34)C2)CC1. The van der Waals surface area contributed by atoms with Gasteiger partial charge in [-0.3, -0.25) is 4.79 Å². The van der Waals surface area contributed by atoms with Crippen molar-refractivity contribution in [3.05, 3.63) is 39.6 Å². The predicted octanol–water partition coefficient (Wildman–Crippen LogP) is 4.22. The number of hydrogen-bond donors (Lipinski definition) is 0. The van der Waals surface area contributed by atoms with Crippen molar-refractivity contribution in [1.29, 1.82) is 0 Å². The Morgan fingerprint density at radius 2 is 2.07 bits per heavy atom. The molecule has 4 rings (SSSR count). The van der Waals surface area contributed by atoms with Gasteiger partial charge in [0.25, 0.3) is 0 Å². The van der Waals surface area contributed by atoms with E-state index in [0.29, 0.717) is 29.5 Å². The number of carbonyl (C=O) groups is 1. The number of aromatic nitrogens is 2. The van der Waals surface area contributed by atoms with Crippen LogP contribution in [0.3, 0.4) is 0 Å². The molecule has 3 heterocycles. The van der Waals surface area contributed by atoms with Crippen molar-refractivity contribution in [2.75, 3.05) is 13.1 Å². The fraction of sp³-hybridized carbons (Fsp3) is 0.526. The number of ether oxygens (including phenoxy) is 1. The molecule has 0 spiro atoms. The fourth-order valence-electron chi connectivity index (χ4n) is 3.45. The van der Waals surface area contributed by atoms with Crippen LogP contribution in [-0.4, -0.2) is 40.0 Å². The van der Waals surface area contributed by atoms with Gasteiger partial charge in [0.1, 0.15) is 11.3 Å². The third-order valence-corrected chi connectivity index (χ3v) is 5.79. The van der Waals surface area contributed by atoms with Crippen molar-refractivity contribution >= 4 is 28.3 Å². The Hall–Kier alpha value is -2.57. The van der Waals surface area contributed by atoms with Crippen molar-refractivity contribution < 1.29 is 9.53 Å². The molecule has 0 unspecified atom stereocenters. The van der Waals surface area contributed by atoms with E-state index >= 15 is 0 Å².